The third kappa shape index (κ3) is 2.14. The fourth-order valence-corrected chi connectivity index (χ4v) is 1.49. The molecular formula is C9H6N4O5. The molecule has 0 bridgehead atoms. The molecule has 0 aliphatic heterocycles. The lowest BCUT2D eigenvalue weighted by Crippen LogP contribution is -2.14. The van der Waals surface area contributed by atoms with Gasteiger partial charge >= 0.3 is 0 Å². The van der Waals surface area contributed by atoms with Gasteiger partial charge in [-0.05, 0) is 6.07 Å². The second kappa shape index (κ2) is 4.20. The Kier molecular flexibility index (Phi) is 2.72. The Morgan fingerprint density at radius 2 is 2.00 bits per heavy atom. The third-order valence-corrected chi connectivity index (χ3v) is 2.23. The first kappa shape index (κ1) is 11.6. The Balaban J connectivity index is 2.64. The predicted octanol–water partition coefficient (Wildman–Crippen LogP) is 0.608. The van der Waals surface area contributed by atoms with Crippen LogP contribution < -0.4 is 5.56 Å². The van der Waals surface area contributed by atoms with E-state index in [1.165, 1.54) is 12.1 Å². The van der Waals surface area contributed by atoms with Gasteiger partial charge in [0.2, 0.25) is 0 Å². The molecule has 18 heavy (non-hydrogen) atoms. The minimum absolute atomic E-state index is 0.0600. The van der Waals surface area contributed by atoms with Gasteiger partial charge in [-0.25, -0.2) is 4.98 Å². The summed E-state index contributed by atoms with van der Waals surface area (Å²) in [4.78, 5) is 37.3. The van der Waals surface area contributed by atoms with Crippen LogP contribution in [0.5, 0.6) is 0 Å². The normalized spacial score (nSPS) is 10.4. The maximum absolute atomic E-state index is 11.6. The summed E-state index contributed by atoms with van der Waals surface area (Å²) in [6, 6.07) is 3.54. The minimum atomic E-state index is -0.651. The summed E-state index contributed by atoms with van der Waals surface area (Å²) in [5.41, 5.74) is -0.732. The fourth-order valence-electron chi connectivity index (χ4n) is 1.49. The van der Waals surface area contributed by atoms with Crippen molar-refractivity contribution in [3.63, 3.8) is 0 Å². The van der Waals surface area contributed by atoms with Gasteiger partial charge < -0.3 is 4.98 Å². The molecule has 1 heterocycles. The summed E-state index contributed by atoms with van der Waals surface area (Å²) in [5, 5.41) is 21.0. The summed E-state index contributed by atoms with van der Waals surface area (Å²) >= 11 is 0. The number of nitro groups is 2. The number of aromatic amines is 1. The molecule has 0 spiro atoms. The van der Waals surface area contributed by atoms with Crippen LogP contribution in [0.2, 0.25) is 0 Å². The lowest BCUT2D eigenvalue weighted by molar-refractivity contribution is -0.498. The van der Waals surface area contributed by atoms with Crippen LogP contribution >= 0.6 is 0 Å². The Morgan fingerprint density at radius 3 is 2.61 bits per heavy atom. The van der Waals surface area contributed by atoms with E-state index in [0.717, 1.165) is 6.07 Å². The first-order chi connectivity index (χ1) is 8.47. The van der Waals surface area contributed by atoms with E-state index in [-0.39, 0.29) is 22.4 Å². The fraction of sp³-hybridized carbons (Fsp3) is 0.111. The van der Waals surface area contributed by atoms with Crippen molar-refractivity contribution in [3.8, 4) is 0 Å². The number of nitrogens with zero attached hydrogens (tertiary/aromatic N) is 3. The van der Waals surface area contributed by atoms with Gasteiger partial charge in [0.05, 0.1) is 15.8 Å². The molecule has 9 nitrogen and oxygen atoms in total. The first-order valence-corrected chi connectivity index (χ1v) is 4.76. The SMILES string of the molecule is O=c1[nH]c(C[N+](=O)[O-])nc2cc([N+](=O)[O-])ccc12. The van der Waals surface area contributed by atoms with Gasteiger partial charge in [0.15, 0.2) is 5.82 Å². The summed E-state index contributed by atoms with van der Waals surface area (Å²) in [7, 11) is 0. The van der Waals surface area contributed by atoms with Gasteiger partial charge in [-0.2, -0.15) is 0 Å². The molecule has 0 saturated heterocycles. The van der Waals surface area contributed by atoms with Crippen molar-refractivity contribution < 1.29 is 9.85 Å². The predicted molar refractivity (Wildman–Crippen MR) is 59.7 cm³/mol. The smallest absolute Gasteiger partial charge is 0.271 e. The monoisotopic (exact) mass is 250 g/mol. The second-order valence-corrected chi connectivity index (χ2v) is 3.46. The average molecular weight is 250 g/mol. The second-order valence-electron chi connectivity index (χ2n) is 3.46. The summed E-state index contributed by atoms with van der Waals surface area (Å²) in [5.74, 6) is -0.141. The quantitative estimate of drug-likeness (QED) is 0.626. The Bertz CT molecular complexity index is 708. The van der Waals surface area contributed by atoms with E-state index < -0.39 is 22.0 Å². The van der Waals surface area contributed by atoms with Crippen molar-refractivity contribution in [2.45, 2.75) is 6.54 Å². The van der Waals surface area contributed by atoms with E-state index in [1.807, 2.05) is 0 Å². The van der Waals surface area contributed by atoms with E-state index in [9.17, 15) is 25.0 Å². The van der Waals surface area contributed by atoms with Crippen molar-refractivity contribution in [3.05, 3.63) is 54.6 Å². The lowest BCUT2D eigenvalue weighted by atomic mass is 10.2. The molecule has 1 aromatic carbocycles. The molecule has 0 aliphatic rings. The zero-order chi connectivity index (χ0) is 13.3. The van der Waals surface area contributed by atoms with Gasteiger partial charge in [0.1, 0.15) is 0 Å². The van der Waals surface area contributed by atoms with E-state index in [0.29, 0.717) is 0 Å². The summed E-state index contributed by atoms with van der Waals surface area (Å²) < 4.78 is 0. The zero-order valence-electron chi connectivity index (χ0n) is 8.82. The molecule has 0 fully saturated rings. The molecule has 2 rings (SSSR count). The van der Waals surface area contributed by atoms with Crippen LogP contribution in [0, 0.1) is 20.2 Å². The molecule has 0 aliphatic carbocycles. The highest BCUT2D eigenvalue weighted by Crippen LogP contribution is 2.16. The van der Waals surface area contributed by atoms with Crippen molar-refractivity contribution in [2.24, 2.45) is 0 Å². The van der Waals surface area contributed by atoms with Gasteiger partial charge in [-0.1, -0.05) is 0 Å². The van der Waals surface area contributed by atoms with Gasteiger partial charge in [0.25, 0.3) is 17.8 Å². The standard InChI is InChI=1S/C9H6N4O5/c14-9-6-2-1-5(13(17)18)3-7(6)10-8(11-9)4-12(15)16/h1-3H,4H2,(H,10,11,14). The highest BCUT2D eigenvalue weighted by atomic mass is 16.6. The summed E-state index contributed by atoms with van der Waals surface area (Å²) in [6.07, 6.45) is 0. The van der Waals surface area contributed by atoms with Crippen LogP contribution in [0.3, 0.4) is 0 Å². The number of nitrogens with one attached hydrogen (secondary N) is 1. The van der Waals surface area contributed by atoms with Crippen LogP contribution in [0.4, 0.5) is 5.69 Å². The number of hydrogen-bond acceptors (Lipinski definition) is 6. The molecule has 9 heteroatoms. The maximum atomic E-state index is 11.6. The molecule has 0 unspecified atom stereocenters. The number of rotatable bonds is 3. The van der Waals surface area contributed by atoms with Gasteiger partial charge in [-0.3, -0.25) is 25.0 Å². The minimum Gasteiger partial charge on any atom is -0.304 e. The van der Waals surface area contributed by atoms with Crippen LogP contribution in [0.1, 0.15) is 5.82 Å². The van der Waals surface area contributed by atoms with E-state index >= 15 is 0 Å². The van der Waals surface area contributed by atoms with Crippen molar-refractivity contribution in [2.75, 3.05) is 0 Å². The van der Waals surface area contributed by atoms with Crippen LogP contribution in [-0.2, 0) is 6.54 Å². The number of H-pyrrole nitrogens is 1. The van der Waals surface area contributed by atoms with E-state index in [1.54, 1.807) is 0 Å². The van der Waals surface area contributed by atoms with Crippen molar-refractivity contribution >= 4 is 16.6 Å². The highest BCUT2D eigenvalue weighted by molar-refractivity contribution is 5.79. The number of aromatic nitrogens is 2. The molecule has 1 aromatic heterocycles. The number of fused-ring (bicyclic) bond motifs is 1. The summed E-state index contributed by atoms with van der Waals surface area (Å²) in [6.45, 7) is -0.645. The number of non-ortho nitro benzene ring substituents is 1. The molecule has 92 valence electrons. The number of hydrogen-bond donors (Lipinski definition) is 1. The molecule has 2 aromatic rings. The van der Waals surface area contributed by atoms with Gasteiger partial charge in [-0.15, -0.1) is 0 Å². The van der Waals surface area contributed by atoms with Crippen LogP contribution in [0.25, 0.3) is 10.9 Å². The Morgan fingerprint density at radius 1 is 1.28 bits per heavy atom. The average Bonchev–Trinajstić information content (AvgIpc) is 2.27. The number of benzene rings is 1. The van der Waals surface area contributed by atoms with Crippen molar-refractivity contribution in [1.29, 1.82) is 0 Å². The van der Waals surface area contributed by atoms with Crippen molar-refractivity contribution in [1.82, 2.24) is 9.97 Å². The highest BCUT2D eigenvalue weighted by Gasteiger charge is 2.12. The first-order valence-electron chi connectivity index (χ1n) is 4.76. The maximum Gasteiger partial charge on any atom is 0.271 e. The van der Waals surface area contributed by atoms with Crippen LogP contribution in [0.15, 0.2) is 23.0 Å². The Hall–Kier alpha value is -2.84. The molecule has 0 radical (unpaired) electrons. The lowest BCUT2D eigenvalue weighted by Gasteiger charge is -1.99. The van der Waals surface area contributed by atoms with E-state index in [2.05, 4.69) is 9.97 Å². The van der Waals surface area contributed by atoms with Crippen LogP contribution in [-0.4, -0.2) is 19.8 Å². The molecule has 0 atom stereocenters. The topological polar surface area (TPSA) is 132 Å². The molecule has 1 N–H and O–H groups in total. The Labute approximate surface area is 98.4 Å². The number of nitro benzene ring substituents is 1. The van der Waals surface area contributed by atoms with E-state index in [4.69, 9.17) is 0 Å². The molecular weight excluding hydrogens is 244 g/mol. The molecule has 0 saturated carbocycles. The molecule has 0 amide bonds. The third-order valence-electron chi connectivity index (χ3n) is 2.23. The van der Waals surface area contributed by atoms with Gasteiger partial charge in [0, 0.05) is 17.1 Å². The zero-order valence-corrected chi connectivity index (χ0v) is 8.82. The largest absolute Gasteiger partial charge is 0.304 e.